The monoisotopic (exact) mass is 256 g/mol. The fourth-order valence-corrected chi connectivity index (χ4v) is 4.57. The molecule has 1 saturated heterocycles. The minimum absolute atomic E-state index is 0.285. The third kappa shape index (κ3) is 3.25. The standard InChI is InChI=1S/C13H20OS2/c1-12(2)8-13(14,10-15-9-12)6-5-11-4-3-7-16-11/h3-4,7,14H,5-6,8-10H2,1-2H3. The number of aliphatic hydroxyl groups is 1. The zero-order chi connectivity index (χ0) is 11.6. The maximum atomic E-state index is 10.6. The highest BCUT2D eigenvalue weighted by Gasteiger charge is 2.38. The fraction of sp³-hybridized carbons (Fsp3) is 0.692. The molecular formula is C13H20OS2. The molecule has 2 rings (SSSR count). The molecule has 3 heteroatoms. The van der Waals surface area contributed by atoms with E-state index in [1.54, 1.807) is 11.3 Å². The molecule has 2 heterocycles. The van der Waals surface area contributed by atoms with Crippen molar-refractivity contribution in [2.24, 2.45) is 5.41 Å². The number of rotatable bonds is 3. The van der Waals surface area contributed by atoms with Gasteiger partial charge in [-0.15, -0.1) is 11.3 Å². The Morgan fingerprint density at radius 3 is 2.81 bits per heavy atom. The van der Waals surface area contributed by atoms with Crippen molar-refractivity contribution < 1.29 is 5.11 Å². The van der Waals surface area contributed by atoms with Crippen molar-refractivity contribution in [3.63, 3.8) is 0 Å². The summed E-state index contributed by atoms with van der Waals surface area (Å²) < 4.78 is 0. The molecule has 1 aromatic rings. The first kappa shape index (κ1) is 12.5. The van der Waals surface area contributed by atoms with E-state index in [4.69, 9.17) is 0 Å². The molecule has 0 spiro atoms. The Kier molecular flexibility index (Phi) is 3.67. The highest BCUT2D eigenvalue weighted by atomic mass is 32.2. The molecule has 1 N–H and O–H groups in total. The topological polar surface area (TPSA) is 20.2 Å². The van der Waals surface area contributed by atoms with Crippen LogP contribution in [0.1, 0.15) is 31.6 Å². The Bertz CT molecular complexity index is 332. The molecule has 90 valence electrons. The van der Waals surface area contributed by atoms with Crippen molar-refractivity contribution in [3.05, 3.63) is 22.4 Å². The second kappa shape index (κ2) is 4.71. The Hall–Kier alpha value is 0.01000. The lowest BCUT2D eigenvalue weighted by molar-refractivity contribution is 0.0124. The summed E-state index contributed by atoms with van der Waals surface area (Å²) >= 11 is 3.69. The normalized spacial score (nSPS) is 29.2. The highest BCUT2D eigenvalue weighted by molar-refractivity contribution is 7.99. The average molecular weight is 256 g/mol. The Labute approximate surface area is 106 Å². The van der Waals surface area contributed by atoms with Crippen LogP contribution >= 0.6 is 23.1 Å². The second-order valence-corrected chi connectivity index (χ2v) is 7.66. The van der Waals surface area contributed by atoms with Crippen molar-refractivity contribution in [1.29, 1.82) is 0 Å². The van der Waals surface area contributed by atoms with E-state index in [9.17, 15) is 5.11 Å². The van der Waals surface area contributed by atoms with Crippen molar-refractivity contribution in [2.75, 3.05) is 11.5 Å². The van der Waals surface area contributed by atoms with Gasteiger partial charge in [-0.1, -0.05) is 19.9 Å². The maximum Gasteiger partial charge on any atom is 0.0746 e. The third-order valence-corrected chi connectivity index (χ3v) is 5.75. The summed E-state index contributed by atoms with van der Waals surface area (Å²) in [6.07, 6.45) is 2.87. The van der Waals surface area contributed by atoms with E-state index in [1.165, 1.54) is 10.6 Å². The van der Waals surface area contributed by atoms with E-state index in [1.807, 2.05) is 11.8 Å². The Morgan fingerprint density at radius 2 is 2.19 bits per heavy atom. The van der Waals surface area contributed by atoms with Crippen molar-refractivity contribution in [1.82, 2.24) is 0 Å². The van der Waals surface area contributed by atoms with Crippen molar-refractivity contribution >= 4 is 23.1 Å². The number of thiophene rings is 1. The molecule has 1 nitrogen and oxygen atoms in total. The van der Waals surface area contributed by atoms with Gasteiger partial charge in [0.25, 0.3) is 0 Å². The van der Waals surface area contributed by atoms with Gasteiger partial charge in [-0.2, -0.15) is 11.8 Å². The molecule has 0 amide bonds. The van der Waals surface area contributed by atoms with Crippen LogP contribution in [0.15, 0.2) is 17.5 Å². The van der Waals surface area contributed by atoms with Crippen LogP contribution in [0.3, 0.4) is 0 Å². The van der Waals surface area contributed by atoms with Crippen molar-refractivity contribution in [2.45, 2.75) is 38.7 Å². The van der Waals surface area contributed by atoms with Gasteiger partial charge in [0, 0.05) is 10.6 Å². The molecule has 1 aliphatic heterocycles. The van der Waals surface area contributed by atoms with Crippen LogP contribution in [0.5, 0.6) is 0 Å². The van der Waals surface area contributed by atoms with Gasteiger partial charge < -0.3 is 5.11 Å². The molecule has 1 aromatic heterocycles. The Balaban J connectivity index is 1.92. The summed E-state index contributed by atoms with van der Waals surface area (Å²) in [5.41, 5.74) is -0.163. The Morgan fingerprint density at radius 1 is 1.38 bits per heavy atom. The van der Waals surface area contributed by atoms with Crippen molar-refractivity contribution in [3.8, 4) is 0 Å². The summed E-state index contributed by atoms with van der Waals surface area (Å²) in [7, 11) is 0. The van der Waals surface area contributed by atoms with E-state index in [0.29, 0.717) is 0 Å². The molecule has 0 aliphatic carbocycles. The number of thioether (sulfide) groups is 1. The first-order valence-electron chi connectivity index (χ1n) is 5.82. The zero-order valence-electron chi connectivity index (χ0n) is 10.0. The predicted octanol–water partition coefficient (Wildman–Crippen LogP) is 3.57. The summed E-state index contributed by atoms with van der Waals surface area (Å²) in [5.74, 6) is 2.08. The van der Waals surface area contributed by atoms with Crippen LogP contribution in [0, 0.1) is 5.41 Å². The molecule has 16 heavy (non-hydrogen) atoms. The molecule has 1 atom stereocenters. The van der Waals surface area contributed by atoms with E-state index >= 15 is 0 Å². The molecule has 0 radical (unpaired) electrons. The lowest BCUT2D eigenvalue weighted by Gasteiger charge is -2.41. The lowest BCUT2D eigenvalue weighted by Crippen LogP contribution is -2.42. The summed E-state index contributed by atoms with van der Waals surface area (Å²) in [4.78, 5) is 1.39. The lowest BCUT2D eigenvalue weighted by atomic mass is 9.80. The first-order valence-corrected chi connectivity index (χ1v) is 7.85. The van der Waals surface area contributed by atoms with Gasteiger partial charge in [0.15, 0.2) is 0 Å². The minimum Gasteiger partial charge on any atom is -0.389 e. The van der Waals surface area contributed by atoms with Gasteiger partial charge in [-0.25, -0.2) is 0 Å². The molecule has 0 saturated carbocycles. The van der Waals surface area contributed by atoms with Gasteiger partial charge in [0.1, 0.15) is 0 Å². The first-order chi connectivity index (χ1) is 7.49. The fourth-order valence-electron chi connectivity index (χ4n) is 2.48. The number of aryl methyl sites for hydroxylation is 1. The summed E-state index contributed by atoms with van der Waals surface area (Å²) in [5, 5.41) is 12.7. The number of hydrogen-bond donors (Lipinski definition) is 1. The van der Waals surface area contributed by atoms with Crippen LogP contribution in [0.2, 0.25) is 0 Å². The zero-order valence-corrected chi connectivity index (χ0v) is 11.7. The van der Waals surface area contributed by atoms with E-state index < -0.39 is 5.60 Å². The smallest absolute Gasteiger partial charge is 0.0746 e. The van der Waals surface area contributed by atoms with E-state index in [-0.39, 0.29) is 5.41 Å². The van der Waals surface area contributed by atoms with Gasteiger partial charge in [-0.05, 0) is 41.9 Å². The minimum atomic E-state index is -0.448. The highest BCUT2D eigenvalue weighted by Crippen LogP contribution is 2.41. The van der Waals surface area contributed by atoms with Gasteiger partial charge >= 0.3 is 0 Å². The molecule has 1 aliphatic rings. The van der Waals surface area contributed by atoms with Crippen LogP contribution in [0.25, 0.3) is 0 Å². The van der Waals surface area contributed by atoms with E-state index in [2.05, 4.69) is 31.4 Å². The van der Waals surface area contributed by atoms with Crippen LogP contribution in [-0.2, 0) is 6.42 Å². The molecule has 0 bridgehead atoms. The average Bonchev–Trinajstić information content (AvgIpc) is 2.65. The second-order valence-electron chi connectivity index (χ2n) is 5.64. The molecule has 1 unspecified atom stereocenters. The molecule has 0 aromatic carbocycles. The third-order valence-electron chi connectivity index (χ3n) is 3.09. The SMILES string of the molecule is CC1(C)CSCC(O)(CCc2cccs2)C1. The quantitative estimate of drug-likeness (QED) is 0.892. The van der Waals surface area contributed by atoms with E-state index in [0.717, 1.165) is 25.0 Å². The molecule has 1 fully saturated rings. The molecular weight excluding hydrogens is 236 g/mol. The predicted molar refractivity (Wildman–Crippen MR) is 73.3 cm³/mol. The number of hydrogen-bond acceptors (Lipinski definition) is 3. The summed E-state index contributed by atoms with van der Waals surface area (Å²) in [6.45, 7) is 4.52. The summed E-state index contributed by atoms with van der Waals surface area (Å²) in [6, 6.07) is 4.25. The van der Waals surface area contributed by atoms with Crippen LogP contribution in [-0.4, -0.2) is 22.2 Å². The van der Waals surface area contributed by atoms with Crippen LogP contribution < -0.4 is 0 Å². The van der Waals surface area contributed by atoms with Gasteiger partial charge in [0.2, 0.25) is 0 Å². The maximum absolute atomic E-state index is 10.6. The van der Waals surface area contributed by atoms with Gasteiger partial charge in [0.05, 0.1) is 5.60 Å². The largest absolute Gasteiger partial charge is 0.389 e. The van der Waals surface area contributed by atoms with Gasteiger partial charge in [-0.3, -0.25) is 0 Å². The van der Waals surface area contributed by atoms with Crippen LogP contribution in [0.4, 0.5) is 0 Å².